The molecule has 2 rings (SSSR count). The molecule has 94 valence electrons. The Morgan fingerprint density at radius 2 is 2.06 bits per heavy atom. The monoisotopic (exact) mass is 310 g/mol. The predicted molar refractivity (Wildman–Crippen MR) is 70.1 cm³/mol. The molecule has 2 aromatic rings. The van der Waals surface area contributed by atoms with Crippen LogP contribution < -0.4 is 0 Å². The molecule has 0 saturated heterocycles. The second-order valence-electron chi connectivity index (χ2n) is 3.90. The maximum Gasteiger partial charge on any atom is 0.212 e. The van der Waals surface area contributed by atoms with Crippen molar-refractivity contribution in [2.24, 2.45) is 0 Å². The van der Waals surface area contributed by atoms with E-state index in [4.69, 9.17) is 0 Å². The summed E-state index contributed by atoms with van der Waals surface area (Å²) in [4.78, 5) is 12.3. The van der Waals surface area contributed by atoms with Crippen molar-refractivity contribution in [2.75, 3.05) is 0 Å². The van der Waals surface area contributed by atoms with Gasteiger partial charge in [-0.3, -0.25) is 9.48 Å². The van der Waals surface area contributed by atoms with Crippen molar-refractivity contribution in [1.29, 1.82) is 0 Å². The molecule has 18 heavy (non-hydrogen) atoms. The number of ketones is 1. The normalized spacial score (nSPS) is 10.6. The Bertz CT molecular complexity index is 563. The molecule has 1 heterocycles. The summed E-state index contributed by atoms with van der Waals surface area (Å²) in [7, 11) is 0. The van der Waals surface area contributed by atoms with Gasteiger partial charge < -0.3 is 0 Å². The number of hydrogen-bond acceptors (Lipinski definition) is 2. The molecule has 0 atom stereocenters. The lowest BCUT2D eigenvalue weighted by Crippen LogP contribution is -2.12. The quantitative estimate of drug-likeness (QED) is 0.811. The molecule has 0 fully saturated rings. The number of carbonyl (C=O) groups excluding carboxylic acids is 1. The van der Waals surface area contributed by atoms with Crippen molar-refractivity contribution in [3.05, 3.63) is 52.0 Å². The maximum absolute atomic E-state index is 12.8. The van der Waals surface area contributed by atoms with Crippen molar-refractivity contribution in [3.8, 4) is 0 Å². The van der Waals surface area contributed by atoms with E-state index in [1.54, 1.807) is 10.9 Å². The lowest BCUT2D eigenvalue weighted by atomic mass is 10.1. The Kier molecular flexibility index (Phi) is 3.91. The van der Waals surface area contributed by atoms with Gasteiger partial charge >= 0.3 is 0 Å². The lowest BCUT2D eigenvalue weighted by molar-refractivity contribution is 0.102. The number of aryl methyl sites for hydroxylation is 1. The Morgan fingerprint density at radius 3 is 2.67 bits per heavy atom. The van der Waals surface area contributed by atoms with E-state index in [0.29, 0.717) is 22.3 Å². The van der Waals surface area contributed by atoms with Crippen LogP contribution in [0.1, 0.15) is 29.4 Å². The zero-order chi connectivity index (χ0) is 13.1. The Balaban J connectivity index is 2.39. The van der Waals surface area contributed by atoms with E-state index in [1.807, 2.05) is 6.92 Å². The fourth-order valence-electron chi connectivity index (χ4n) is 1.71. The van der Waals surface area contributed by atoms with Crippen LogP contribution in [0.25, 0.3) is 0 Å². The second kappa shape index (κ2) is 5.44. The van der Waals surface area contributed by atoms with Gasteiger partial charge in [-0.15, -0.1) is 0 Å². The molecule has 0 amide bonds. The van der Waals surface area contributed by atoms with Gasteiger partial charge in [0.25, 0.3) is 0 Å². The number of hydrogen-bond donors (Lipinski definition) is 0. The van der Waals surface area contributed by atoms with E-state index in [2.05, 4.69) is 21.0 Å². The highest BCUT2D eigenvalue weighted by atomic mass is 79.9. The summed E-state index contributed by atoms with van der Waals surface area (Å²) in [6.45, 7) is 2.69. The number of halogens is 2. The first kappa shape index (κ1) is 13.0. The van der Waals surface area contributed by atoms with Gasteiger partial charge in [0.1, 0.15) is 11.5 Å². The minimum atomic E-state index is -0.354. The second-order valence-corrected chi connectivity index (χ2v) is 4.75. The highest BCUT2D eigenvalue weighted by Gasteiger charge is 2.18. The molecule has 5 heteroatoms. The van der Waals surface area contributed by atoms with Gasteiger partial charge in [-0.2, -0.15) is 5.10 Å². The molecule has 1 aromatic heterocycles. The number of rotatable bonds is 4. The number of benzene rings is 1. The average molecular weight is 311 g/mol. The smallest absolute Gasteiger partial charge is 0.212 e. The van der Waals surface area contributed by atoms with Crippen LogP contribution in [0.15, 0.2) is 34.9 Å². The Hall–Kier alpha value is -1.49. The number of aromatic nitrogens is 2. The van der Waals surface area contributed by atoms with Gasteiger partial charge in [-0.05, 0) is 46.6 Å². The van der Waals surface area contributed by atoms with Crippen LogP contribution in [0.2, 0.25) is 0 Å². The van der Waals surface area contributed by atoms with Crippen LogP contribution in [-0.4, -0.2) is 15.6 Å². The predicted octanol–water partition coefficient (Wildman–Crippen LogP) is 3.43. The lowest BCUT2D eigenvalue weighted by Gasteiger charge is -2.06. The van der Waals surface area contributed by atoms with Crippen LogP contribution in [0.5, 0.6) is 0 Å². The minimum Gasteiger partial charge on any atom is -0.287 e. The van der Waals surface area contributed by atoms with Crippen LogP contribution in [0.3, 0.4) is 0 Å². The number of nitrogens with zero attached hydrogens (tertiary/aromatic N) is 2. The van der Waals surface area contributed by atoms with E-state index in [0.717, 1.165) is 6.42 Å². The molecule has 0 radical (unpaired) electrons. The van der Waals surface area contributed by atoms with Gasteiger partial charge in [0.05, 0.1) is 10.7 Å². The molecule has 0 bridgehead atoms. The molecule has 0 aliphatic heterocycles. The first-order valence-electron chi connectivity index (χ1n) is 5.65. The Labute approximate surface area is 113 Å². The first-order valence-corrected chi connectivity index (χ1v) is 6.44. The largest absolute Gasteiger partial charge is 0.287 e. The van der Waals surface area contributed by atoms with Crippen LogP contribution in [-0.2, 0) is 6.54 Å². The summed E-state index contributed by atoms with van der Waals surface area (Å²) < 4.78 is 15.2. The average Bonchev–Trinajstić information content (AvgIpc) is 2.71. The molecule has 1 aromatic carbocycles. The maximum atomic E-state index is 12.8. The number of carbonyl (C=O) groups is 1. The van der Waals surface area contributed by atoms with Gasteiger partial charge in [0.2, 0.25) is 5.78 Å². The van der Waals surface area contributed by atoms with Crippen molar-refractivity contribution < 1.29 is 9.18 Å². The topological polar surface area (TPSA) is 34.9 Å². The first-order chi connectivity index (χ1) is 8.63. The summed E-state index contributed by atoms with van der Waals surface area (Å²) in [5, 5.41) is 4.14. The summed E-state index contributed by atoms with van der Waals surface area (Å²) in [5.74, 6) is -0.513. The van der Waals surface area contributed by atoms with Crippen LogP contribution in [0, 0.1) is 5.82 Å². The Morgan fingerprint density at radius 1 is 1.39 bits per heavy atom. The standard InChI is InChI=1S/C13H12BrFN2O/c1-2-7-17-12(11(14)8-16-17)13(18)9-3-5-10(15)6-4-9/h3-6,8H,2,7H2,1H3. The fraction of sp³-hybridized carbons (Fsp3) is 0.231. The molecule has 0 saturated carbocycles. The van der Waals surface area contributed by atoms with E-state index >= 15 is 0 Å². The molecule has 0 N–H and O–H groups in total. The fourth-order valence-corrected chi connectivity index (χ4v) is 2.18. The minimum absolute atomic E-state index is 0.159. The highest BCUT2D eigenvalue weighted by Crippen LogP contribution is 2.20. The molecular formula is C13H12BrFN2O. The van der Waals surface area contributed by atoms with Gasteiger partial charge in [0.15, 0.2) is 0 Å². The van der Waals surface area contributed by atoms with Crippen molar-refractivity contribution in [1.82, 2.24) is 9.78 Å². The molecule has 0 spiro atoms. The van der Waals surface area contributed by atoms with Crippen molar-refractivity contribution in [2.45, 2.75) is 19.9 Å². The highest BCUT2D eigenvalue weighted by molar-refractivity contribution is 9.10. The summed E-state index contributed by atoms with van der Waals surface area (Å²) in [6, 6.07) is 5.52. The zero-order valence-corrected chi connectivity index (χ0v) is 11.4. The van der Waals surface area contributed by atoms with Crippen LogP contribution >= 0.6 is 15.9 Å². The van der Waals surface area contributed by atoms with Gasteiger partial charge in [0, 0.05) is 12.1 Å². The van der Waals surface area contributed by atoms with Crippen LogP contribution in [0.4, 0.5) is 4.39 Å². The van der Waals surface area contributed by atoms with E-state index in [-0.39, 0.29) is 11.6 Å². The van der Waals surface area contributed by atoms with E-state index in [9.17, 15) is 9.18 Å². The summed E-state index contributed by atoms with van der Waals surface area (Å²) in [5.41, 5.74) is 0.957. The van der Waals surface area contributed by atoms with Crippen molar-refractivity contribution in [3.63, 3.8) is 0 Å². The van der Waals surface area contributed by atoms with Gasteiger partial charge in [-0.1, -0.05) is 6.92 Å². The van der Waals surface area contributed by atoms with Crippen molar-refractivity contribution >= 4 is 21.7 Å². The zero-order valence-electron chi connectivity index (χ0n) is 9.86. The third kappa shape index (κ3) is 2.51. The molecule has 0 unspecified atom stereocenters. The molecule has 3 nitrogen and oxygen atoms in total. The third-order valence-corrected chi connectivity index (χ3v) is 3.13. The SMILES string of the molecule is CCCn1ncc(Br)c1C(=O)c1ccc(F)cc1. The van der Waals surface area contributed by atoms with E-state index < -0.39 is 0 Å². The third-order valence-electron chi connectivity index (χ3n) is 2.55. The molecule has 0 aliphatic carbocycles. The summed E-state index contributed by atoms with van der Waals surface area (Å²) >= 11 is 3.32. The molecule has 0 aliphatic rings. The van der Waals surface area contributed by atoms with Gasteiger partial charge in [-0.25, -0.2) is 4.39 Å². The summed E-state index contributed by atoms with van der Waals surface area (Å²) in [6.07, 6.45) is 2.49. The van der Waals surface area contributed by atoms with E-state index in [1.165, 1.54) is 24.3 Å². The molecular weight excluding hydrogens is 299 g/mol.